The second kappa shape index (κ2) is 9.99. The second-order valence-electron chi connectivity index (χ2n) is 8.10. The van der Waals surface area contributed by atoms with Crippen molar-refractivity contribution in [2.45, 2.75) is 44.2 Å². The number of piperidine rings is 1. The number of amides is 1. The molecule has 2 fully saturated rings. The molecule has 2 aromatic rings. The first-order valence-corrected chi connectivity index (χ1v) is 12.4. The normalized spacial score (nSPS) is 19.3. The summed E-state index contributed by atoms with van der Waals surface area (Å²) in [7, 11) is 0. The van der Waals surface area contributed by atoms with Crippen LogP contribution in [0.25, 0.3) is 0 Å². The number of hydrogen-bond donors (Lipinski definition) is 1. The van der Waals surface area contributed by atoms with Gasteiger partial charge in [0.25, 0.3) is 5.91 Å². The summed E-state index contributed by atoms with van der Waals surface area (Å²) in [5.74, 6) is -0.0817. The number of halogens is 3. The van der Waals surface area contributed by atoms with Crippen LogP contribution in [0.1, 0.15) is 53.1 Å². The molecule has 1 heterocycles. The van der Waals surface area contributed by atoms with Gasteiger partial charge < -0.3 is 4.74 Å². The van der Waals surface area contributed by atoms with E-state index in [4.69, 9.17) is 27.9 Å². The van der Waals surface area contributed by atoms with Gasteiger partial charge >= 0.3 is 0 Å². The smallest absolute Gasteiger partial charge is 0.264 e. The maximum Gasteiger partial charge on any atom is 0.264 e. The summed E-state index contributed by atoms with van der Waals surface area (Å²) in [6.07, 6.45) is 5.62. The van der Waals surface area contributed by atoms with Crippen molar-refractivity contribution in [2.24, 2.45) is 0 Å². The minimum atomic E-state index is -0.554. The predicted octanol–water partition coefficient (Wildman–Crippen LogP) is 6.06. The summed E-state index contributed by atoms with van der Waals surface area (Å²) in [6, 6.07) is 8.58. The van der Waals surface area contributed by atoms with Crippen LogP contribution in [-0.4, -0.2) is 36.3 Å². The Balaban J connectivity index is 1.49. The van der Waals surface area contributed by atoms with E-state index in [1.165, 1.54) is 6.07 Å². The standard InChI is InChI=1S/C23H25Cl2FN2O2S/c1-31-27-23(29)17-10-16(14-7-8-14)22(11-21(17)26)30-15-4-3-9-28(12-15)13-18-19(24)5-2-6-20(18)25/h2,5-6,10-11,14-15H,3-4,7-9,12-13H2,1H3,(H,27,29)/t15-/m1/s1. The van der Waals surface area contributed by atoms with Crippen LogP contribution in [0.15, 0.2) is 30.3 Å². The molecule has 1 aliphatic carbocycles. The van der Waals surface area contributed by atoms with Crippen LogP contribution in [0.3, 0.4) is 0 Å². The molecule has 1 atom stereocenters. The minimum Gasteiger partial charge on any atom is -0.489 e. The Labute approximate surface area is 196 Å². The monoisotopic (exact) mass is 482 g/mol. The van der Waals surface area contributed by atoms with Crippen LogP contribution in [0, 0.1) is 5.82 Å². The van der Waals surface area contributed by atoms with Crippen molar-refractivity contribution in [1.82, 2.24) is 9.62 Å². The highest BCUT2D eigenvalue weighted by Gasteiger charge is 2.31. The number of rotatable bonds is 7. The van der Waals surface area contributed by atoms with Gasteiger partial charge in [-0.05, 0) is 61.9 Å². The van der Waals surface area contributed by atoms with E-state index in [1.807, 2.05) is 18.2 Å². The van der Waals surface area contributed by atoms with Crippen LogP contribution in [0.4, 0.5) is 4.39 Å². The average Bonchev–Trinajstić information content (AvgIpc) is 3.57. The quantitative estimate of drug-likeness (QED) is 0.486. The van der Waals surface area contributed by atoms with Gasteiger partial charge in [-0.15, -0.1) is 0 Å². The van der Waals surface area contributed by atoms with Gasteiger partial charge in [-0.1, -0.05) is 41.2 Å². The average molecular weight is 483 g/mol. The summed E-state index contributed by atoms with van der Waals surface area (Å²) < 4.78 is 23.6. The topological polar surface area (TPSA) is 41.6 Å². The molecule has 0 aromatic heterocycles. The summed E-state index contributed by atoms with van der Waals surface area (Å²) in [4.78, 5) is 14.5. The molecule has 1 saturated heterocycles. The third-order valence-electron chi connectivity index (χ3n) is 5.76. The molecule has 31 heavy (non-hydrogen) atoms. The first kappa shape index (κ1) is 22.7. The zero-order chi connectivity index (χ0) is 22.0. The summed E-state index contributed by atoms with van der Waals surface area (Å²) >= 11 is 13.8. The molecule has 8 heteroatoms. The highest BCUT2D eigenvalue weighted by Crippen LogP contribution is 2.45. The Kier molecular flexibility index (Phi) is 7.32. The van der Waals surface area contributed by atoms with E-state index in [2.05, 4.69) is 9.62 Å². The van der Waals surface area contributed by atoms with Crippen LogP contribution < -0.4 is 9.46 Å². The van der Waals surface area contributed by atoms with Gasteiger partial charge in [-0.25, -0.2) is 4.39 Å². The van der Waals surface area contributed by atoms with Crippen molar-refractivity contribution in [3.63, 3.8) is 0 Å². The number of carbonyl (C=O) groups is 1. The third kappa shape index (κ3) is 5.48. The molecule has 0 radical (unpaired) electrons. The number of benzene rings is 2. The van der Waals surface area contributed by atoms with E-state index in [1.54, 1.807) is 12.3 Å². The van der Waals surface area contributed by atoms with Crippen LogP contribution in [0.5, 0.6) is 5.75 Å². The molecule has 166 valence electrons. The Morgan fingerprint density at radius 1 is 1.26 bits per heavy atom. The van der Waals surface area contributed by atoms with E-state index < -0.39 is 11.7 Å². The van der Waals surface area contributed by atoms with E-state index >= 15 is 0 Å². The number of ether oxygens (including phenoxy) is 1. The zero-order valence-electron chi connectivity index (χ0n) is 17.3. The molecule has 1 aliphatic heterocycles. The molecule has 4 nitrogen and oxygen atoms in total. The predicted molar refractivity (Wildman–Crippen MR) is 125 cm³/mol. The molecular weight excluding hydrogens is 458 g/mol. The van der Waals surface area contributed by atoms with E-state index in [0.717, 1.165) is 55.3 Å². The number of likely N-dealkylation sites (tertiary alicyclic amines) is 1. The van der Waals surface area contributed by atoms with Crippen molar-refractivity contribution in [2.75, 3.05) is 19.3 Å². The summed E-state index contributed by atoms with van der Waals surface area (Å²) in [6.45, 7) is 2.29. The maximum atomic E-state index is 14.7. The molecule has 0 bridgehead atoms. The Morgan fingerprint density at radius 3 is 2.68 bits per heavy atom. The fourth-order valence-corrected chi connectivity index (χ4v) is 4.86. The van der Waals surface area contributed by atoms with E-state index in [-0.39, 0.29) is 11.7 Å². The first-order chi connectivity index (χ1) is 15.0. The van der Waals surface area contributed by atoms with Gasteiger partial charge in [-0.3, -0.25) is 14.4 Å². The maximum absolute atomic E-state index is 14.7. The molecular formula is C23H25Cl2FN2O2S. The van der Waals surface area contributed by atoms with Crippen molar-refractivity contribution in [1.29, 1.82) is 0 Å². The fourth-order valence-electron chi connectivity index (χ4n) is 4.05. The lowest BCUT2D eigenvalue weighted by atomic mass is 10.0. The highest BCUT2D eigenvalue weighted by molar-refractivity contribution is 7.97. The molecule has 2 aliphatic rings. The van der Waals surface area contributed by atoms with Gasteiger partial charge in [-0.2, -0.15) is 0 Å². The molecule has 1 amide bonds. The molecule has 0 unspecified atom stereocenters. The first-order valence-electron chi connectivity index (χ1n) is 10.4. The van der Waals surface area contributed by atoms with Crippen LogP contribution in [-0.2, 0) is 6.54 Å². The van der Waals surface area contributed by atoms with Gasteiger partial charge in [0.1, 0.15) is 17.7 Å². The van der Waals surface area contributed by atoms with Gasteiger partial charge in [0.2, 0.25) is 0 Å². The van der Waals surface area contributed by atoms with Crippen molar-refractivity contribution in [3.05, 3.63) is 62.9 Å². The SMILES string of the molecule is CSNC(=O)c1cc(C2CC2)c(O[C@@H]2CCCN(Cc3c(Cl)cccc3Cl)C2)cc1F. The lowest BCUT2D eigenvalue weighted by molar-refractivity contribution is 0.0833. The summed E-state index contributed by atoms with van der Waals surface area (Å²) in [5, 5.41) is 1.32. The largest absolute Gasteiger partial charge is 0.489 e. The van der Waals surface area contributed by atoms with E-state index in [0.29, 0.717) is 34.8 Å². The molecule has 1 N–H and O–H groups in total. The third-order valence-corrected chi connectivity index (χ3v) is 6.85. The van der Waals surface area contributed by atoms with E-state index in [9.17, 15) is 9.18 Å². The minimum absolute atomic E-state index is 0.0576. The Morgan fingerprint density at radius 2 is 2.00 bits per heavy atom. The van der Waals surface area contributed by atoms with Crippen molar-refractivity contribution >= 4 is 41.1 Å². The molecule has 2 aromatic carbocycles. The zero-order valence-corrected chi connectivity index (χ0v) is 19.6. The van der Waals surface area contributed by atoms with Gasteiger partial charge in [0.05, 0.1) is 5.56 Å². The number of hydrogen-bond acceptors (Lipinski definition) is 4. The van der Waals surface area contributed by atoms with Gasteiger partial charge in [0, 0.05) is 41.0 Å². The molecule has 1 saturated carbocycles. The van der Waals surface area contributed by atoms with Crippen LogP contribution >= 0.6 is 35.1 Å². The van der Waals surface area contributed by atoms with Gasteiger partial charge in [0.15, 0.2) is 0 Å². The van der Waals surface area contributed by atoms with Crippen molar-refractivity contribution < 1.29 is 13.9 Å². The second-order valence-corrected chi connectivity index (χ2v) is 9.52. The lowest BCUT2D eigenvalue weighted by Crippen LogP contribution is -2.40. The number of nitrogens with one attached hydrogen (secondary N) is 1. The Bertz CT molecular complexity index is 951. The number of nitrogens with zero attached hydrogens (tertiary/aromatic N) is 1. The number of carbonyl (C=O) groups excluding carboxylic acids is 1. The lowest BCUT2D eigenvalue weighted by Gasteiger charge is -2.33. The summed E-state index contributed by atoms with van der Waals surface area (Å²) in [5.41, 5.74) is 1.92. The highest BCUT2D eigenvalue weighted by atomic mass is 35.5. The van der Waals surface area contributed by atoms with Crippen LogP contribution in [0.2, 0.25) is 10.0 Å². The molecule has 4 rings (SSSR count). The van der Waals surface area contributed by atoms with Crippen molar-refractivity contribution in [3.8, 4) is 5.75 Å². The Hall–Kier alpha value is -1.47. The fraction of sp³-hybridized carbons (Fsp3) is 0.435. The molecule has 0 spiro atoms.